The molecule has 0 unspecified atom stereocenters. The fraction of sp³-hybridized carbons (Fsp3) is 0.636. The van der Waals surface area contributed by atoms with Crippen molar-refractivity contribution < 1.29 is 23.8 Å². The van der Waals surface area contributed by atoms with Crippen LogP contribution >= 0.6 is 0 Å². The molecule has 27 heavy (non-hydrogen) atoms. The van der Waals surface area contributed by atoms with Crippen molar-refractivity contribution in [3.63, 3.8) is 0 Å². The molecule has 2 heterocycles. The first kappa shape index (κ1) is 19.9. The van der Waals surface area contributed by atoms with Gasteiger partial charge in [-0.3, -0.25) is 4.79 Å². The van der Waals surface area contributed by atoms with Gasteiger partial charge in [-0.25, -0.2) is 4.79 Å². The van der Waals surface area contributed by atoms with Crippen molar-refractivity contribution in [2.75, 3.05) is 0 Å². The van der Waals surface area contributed by atoms with Crippen LogP contribution in [0.1, 0.15) is 59.8 Å². The van der Waals surface area contributed by atoms with Crippen LogP contribution in [0.2, 0.25) is 0 Å². The Balaban J connectivity index is 1.92. The van der Waals surface area contributed by atoms with Crippen LogP contribution in [0.4, 0.5) is 0 Å². The van der Waals surface area contributed by atoms with Gasteiger partial charge in [-0.2, -0.15) is 0 Å². The summed E-state index contributed by atoms with van der Waals surface area (Å²) in [4.78, 5) is 23.9. The number of epoxide rings is 1. The second-order valence-corrected chi connectivity index (χ2v) is 8.26. The van der Waals surface area contributed by atoms with E-state index < -0.39 is 18.2 Å². The predicted octanol–water partition coefficient (Wildman–Crippen LogP) is 4.03. The summed E-state index contributed by atoms with van der Waals surface area (Å²) in [6, 6.07) is 0. The molecule has 3 rings (SSSR count). The van der Waals surface area contributed by atoms with Gasteiger partial charge in [0.2, 0.25) is 0 Å². The quantitative estimate of drug-likeness (QED) is 0.300. The van der Waals surface area contributed by atoms with Crippen LogP contribution in [0.25, 0.3) is 0 Å². The highest BCUT2D eigenvalue weighted by Gasteiger charge is 2.55. The SMILES string of the molecule is C=C1C(=O)O[C@@H]2[C@@H]1C[C@@H]1O[C@]1(C)CCC=C(C)CCC=C(C)[C@@H]2OC(C)=O. The molecule has 0 aromatic rings. The lowest BCUT2D eigenvalue weighted by atomic mass is 9.84. The van der Waals surface area contributed by atoms with Crippen LogP contribution in [-0.4, -0.2) is 35.9 Å². The molecule has 0 aromatic heterocycles. The Morgan fingerprint density at radius 1 is 1.30 bits per heavy atom. The maximum Gasteiger partial charge on any atom is 0.334 e. The maximum atomic E-state index is 12.2. The lowest BCUT2D eigenvalue weighted by Crippen LogP contribution is -2.37. The van der Waals surface area contributed by atoms with Crippen LogP contribution in [0.5, 0.6) is 0 Å². The molecule has 5 atom stereocenters. The van der Waals surface area contributed by atoms with Gasteiger partial charge in [-0.15, -0.1) is 0 Å². The fourth-order valence-corrected chi connectivity index (χ4v) is 4.17. The number of hydrogen-bond acceptors (Lipinski definition) is 5. The highest BCUT2D eigenvalue weighted by molar-refractivity contribution is 5.91. The van der Waals surface area contributed by atoms with E-state index in [4.69, 9.17) is 14.2 Å². The van der Waals surface area contributed by atoms with Gasteiger partial charge < -0.3 is 14.2 Å². The average molecular weight is 374 g/mol. The van der Waals surface area contributed by atoms with E-state index in [1.165, 1.54) is 12.5 Å². The summed E-state index contributed by atoms with van der Waals surface area (Å²) in [5.41, 5.74) is 2.54. The minimum absolute atomic E-state index is 0.0650. The molecule has 3 aliphatic rings. The monoisotopic (exact) mass is 374 g/mol. The van der Waals surface area contributed by atoms with Crippen molar-refractivity contribution in [1.82, 2.24) is 0 Å². The number of rotatable bonds is 1. The molecule has 1 aliphatic carbocycles. The van der Waals surface area contributed by atoms with Crippen molar-refractivity contribution >= 4 is 11.9 Å². The van der Waals surface area contributed by atoms with Gasteiger partial charge in [-0.1, -0.05) is 24.3 Å². The number of allylic oxidation sites excluding steroid dienone is 3. The standard InChI is InChI=1S/C22H30O5/c1-13-8-6-10-14(2)19(25-16(4)23)20-17(15(3)21(24)26-20)12-18-22(5,27-18)11-7-9-13/h9-10,17-20H,3,6-8,11-12H2,1-2,4-5H3/t17-,18+,19+,20-,22-/m1/s1. The summed E-state index contributed by atoms with van der Waals surface area (Å²) in [6.45, 7) is 11.5. The zero-order chi connectivity index (χ0) is 19.8. The fourth-order valence-electron chi connectivity index (χ4n) is 4.17. The highest BCUT2D eigenvalue weighted by Crippen LogP contribution is 2.47. The first-order chi connectivity index (χ1) is 12.7. The Bertz CT molecular complexity index is 703. The van der Waals surface area contributed by atoms with Crippen LogP contribution in [0, 0.1) is 5.92 Å². The van der Waals surface area contributed by atoms with E-state index in [9.17, 15) is 9.59 Å². The third-order valence-corrected chi connectivity index (χ3v) is 6.03. The Hall–Kier alpha value is -1.88. The van der Waals surface area contributed by atoms with Gasteiger partial charge in [0.25, 0.3) is 0 Å². The number of hydrogen-bond donors (Lipinski definition) is 0. The Morgan fingerprint density at radius 3 is 2.74 bits per heavy atom. The van der Waals surface area contributed by atoms with Gasteiger partial charge in [0, 0.05) is 18.4 Å². The molecule has 0 N–H and O–H groups in total. The zero-order valence-corrected chi connectivity index (χ0v) is 16.7. The minimum Gasteiger partial charge on any atom is -0.454 e. The topological polar surface area (TPSA) is 65.1 Å². The van der Waals surface area contributed by atoms with Gasteiger partial charge >= 0.3 is 11.9 Å². The summed E-state index contributed by atoms with van der Waals surface area (Å²) in [5.74, 6) is -0.999. The van der Waals surface area contributed by atoms with E-state index >= 15 is 0 Å². The Kier molecular flexibility index (Phi) is 5.61. The number of carbonyl (C=O) groups is 2. The zero-order valence-electron chi connectivity index (χ0n) is 16.7. The van der Waals surface area contributed by atoms with E-state index in [0.717, 1.165) is 31.3 Å². The molecule has 2 saturated heterocycles. The molecular formula is C22H30O5. The van der Waals surface area contributed by atoms with Crippen LogP contribution in [-0.2, 0) is 23.8 Å². The lowest BCUT2D eigenvalue weighted by molar-refractivity contribution is -0.157. The molecule has 0 amide bonds. The molecule has 0 radical (unpaired) electrons. The van der Waals surface area contributed by atoms with Gasteiger partial charge in [0.05, 0.1) is 11.7 Å². The molecule has 0 aromatic carbocycles. The maximum absolute atomic E-state index is 12.2. The normalized spacial score (nSPS) is 37.2. The van der Waals surface area contributed by atoms with Gasteiger partial charge in [0.1, 0.15) is 6.10 Å². The Morgan fingerprint density at radius 2 is 2.04 bits per heavy atom. The second kappa shape index (κ2) is 7.63. The van der Waals surface area contributed by atoms with Crippen molar-refractivity contribution in [1.29, 1.82) is 0 Å². The van der Waals surface area contributed by atoms with Crippen LogP contribution in [0.15, 0.2) is 35.5 Å². The second-order valence-electron chi connectivity index (χ2n) is 8.26. The molecule has 148 valence electrons. The first-order valence-corrected chi connectivity index (χ1v) is 9.78. The average Bonchev–Trinajstić information content (AvgIpc) is 3.14. The minimum atomic E-state index is -0.590. The van der Waals surface area contributed by atoms with E-state index in [-0.39, 0.29) is 23.6 Å². The summed E-state index contributed by atoms with van der Waals surface area (Å²) in [7, 11) is 0. The van der Waals surface area contributed by atoms with Crippen molar-refractivity contribution in [3.05, 3.63) is 35.5 Å². The third-order valence-electron chi connectivity index (χ3n) is 6.03. The molecule has 2 aliphatic heterocycles. The van der Waals surface area contributed by atoms with Crippen LogP contribution in [0.3, 0.4) is 0 Å². The number of ether oxygens (including phenoxy) is 3. The molecule has 0 bridgehead atoms. The molecule has 2 fully saturated rings. The predicted molar refractivity (Wildman–Crippen MR) is 102 cm³/mol. The van der Waals surface area contributed by atoms with E-state index in [0.29, 0.717) is 12.0 Å². The summed E-state index contributed by atoms with van der Waals surface area (Å²) in [5, 5.41) is 0. The number of fused-ring (bicyclic) bond motifs is 2. The van der Waals surface area contributed by atoms with E-state index in [2.05, 4.69) is 32.6 Å². The van der Waals surface area contributed by atoms with Crippen molar-refractivity contribution in [2.24, 2.45) is 5.92 Å². The molecule has 5 heteroatoms. The lowest BCUT2D eigenvalue weighted by Gasteiger charge is -2.27. The Labute approximate surface area is 161 Å². The van der Waals surface area contributed by atoms with E-state index in [1.54, 1.807) is 0 Å². The molecular weight excluding hydrogens is 344 g/mol. The van der Waals surface area contributed by atoms with Crippen LogP contribution < -0.4 is 0 Å². The summed E-state index contributed by atoms with van der Waals surface area (Å²) in [6.07, 6.45) is 7.70. The third kappa shape index (κ3) is 4.34. The largest absolute Gasteiger partial charge is 0.454 e. The summed E-state index contributed by atoms with van der Waals surface area (Å²) >= 11 is 0. The highest BCUT2D eigenvalue weighted by atomic mass is 16.6. The molecule has 0 saturated carbocycles. The van der Waals surface area contributed by atoms with Gasteiger partial charge in [0.15, 0.2) is 6.10 Å². The smallest absolute Gasteiger partial charge is 0.334 e. The molecule has 0 spiro atoms. The first-order valence-electron chi connectivity index (χ1n) is 9.78. The number of esters is 2. The molecule has 5 nitrogen and oxygen atoms in total. The number of carbonyl (C=O) groups excluding carboxylic acids is 2. The van der Waals surface area contributed by atoms with Crippen molar-refractivity contribution in [2.45, 2.75) is 83.7 Å². The van der Waals surface area contributed by atoms with E-state index in [1.807, 2.05) is 6.92 Å². The van der Waals surface area contributed by atoms with Crippen molar-refractivity contribution in [3.8, 4) is 0 Å². The summed E-state index contributed by atoms with van der Waals surface area (Å²) < 4.78 is 17.2. The van der Waals surface area contributed by atoms with Gasteiger partial charge in [-0.05, 0) is 58.4 Å².